The van der Waals surface area contributed by atoms with Crippen LogP contribution in [0, 0.1) is 0 Å². The minimum atomic E-state index is -0.519. The van der Waals surface area contributed by atoms with Gasteiger partial charge in [0.1, 0.15) is 24.9 Å². The number of nitrogens with two attached hydrogens (primary N) is 1. The van der Waals surface area contributed by atoms with Gasteiger partial charge in [-0.3, -0.25) is 4.79 Å². The molecule has 0 aliphatic carbocycles. The van der Waals surface area contributed by atoms with Gasteiger partial charge in [-0.15, -0.1) is 0 Å². The number of benzene rings is 1. The van der Waals surface area contributed by atoms with Gasteiger partial charge >= 0.3 is 0 Å². The molecule has 3 N–H and O–H groups in total. The molecule has 3 aliphatic rings. The van der Waals surface area contributed by atoms with E-state index in [2.05, 4.69) is 15.3 Å². The molecule has 0 spiro atoms. The van der Waals surface area contributed by atoms with E-state index < -0.39 is 5.91 Å². The van der Waals surface area contributed by atoms with Gasteiger partial charge in [-0.1, -0.05) is 0 Å². The number of carbonyl (C=O) groups excluding carboxylic acids is 1. The minimum Gasteiger partial charge on any atom is -0.454 e. The maximum Gasteiger partial charge on any atom is 0.243 e. The second kappa shape index (κ2) is 7.47. The predicted molar refractivity (Wildman–Crippen MR) is 99.4 cm³/mol. The van der Waals surface area contributed by atoms with Crippen LogP contribution >= 0.6 is 0 Å². The third-order valence-corrected chi connectivity index (χ3v) is 5.09. The van der Waals surface area contributed by atoms with Crippen molar-refractivity contribution in [2.45, 2.75) is 24.4 Å². The predicted octanol–water partition coefficient (Wildman–Crippen LogP) is 0.321. The van der Waals surface area contributed by atoms with E-state index in [1.165, 1.54) is 0 Å². The second-order valence-electron chi connectivity index (χ2n) is 7.00. The Kier molecular flexibility index (Phi) is 4.66. The third kappa shape index (κ3) is 3.57. The van der Waals surface area contributed by atoms with Gasteiger partial charge in [-0.2, -0.15) is 0 Å². The summed E-state index contributed by atoms with van der Waals surface area (Å²) in [6.07, 6.45) is 0.895. The summed E-state index contributed by atoms with van der Waals surface area (Å²) in [5.41, 5.74) is 6.80. The first-order chi connectivity index (χ1) is 14.2. The first-order valence-corrected chi connectivity index (χ1v) is 9.30. The molecule has 1 amide bonds. The average molecular weight is 400 g/mol. The fraction of sp³-hybridized carbons (Fsp3) is 0.421. The van der Waals surface area contributed by atoms with Crippen LogP contribution < -0.4 is 20.5 Å². The van der Waals surface area contributed by atoms with Crippen LogP contribution in [0.4, 0.5) is 5.95 Å². The summed E-state index contributed by atoms with van der Waals surface area (Å²) in [6.45, 7) is 0.839. The molecule has 5 rings (SSSR count). The highest BCUT2D eigenvalue weighted by Gasteiger charge is 2.48. The van der Waals surface area contributed by atoms with Gasteiger partial charge in [0.15, 0.2) is 11.5 Å². The van der Waals surface area contributed by atoms with Crippen molar-refractivity contribution in [3.63, 3.8) is 0 Å². The molecule has 1 aromatic heterocycles. The van der Waals surface area contributed by atoms with Crippen LogP contribution in [-0.4, -0.2) is 66.8 Å². The first-order valence-electron chi connectivity index (χ1n) is 9.30. The second-order valence-corrected chi connectivity index (χ2v) is 7.00. The summed E-state index contributed by atoms with van der Waals surface area (Å²) in [6, 6.07) is 7.38. The Balaban J connectivity index is 1.27. The number of nitrogens with zero attached hydrogens (tertiary/aromatic N) is 2. The van der Waals surface area contributed by atoms with Gasteiger partial charge in [-0.05, 0) is 24.3 Å². The fourth-order valence-electron chi connectivity index (χ4n) is 3.73. The average Bonchev–Trinajstić information content (AvgIpc) is 3.44. The number of fused-ring (bicyclic) bond motifs is 2. The van der Waals surface area contributed by atoms with Crippen LogP contribution in [0.3, 0.4) is 0 Å². The summed E-state index contributed by atoms with van der Waals surface area (Å²) < 4.78 is 27.9. The summed E-state index contributed by atoms with van der Waals surface area (Å²) in [7, 11) is 0. The number of rotatable bonds is 6. The summed E-state index contributed by atoms with van der Waals surface area (Å²) >= 11 is 0. The highest BCUT2D eigenvalue weighted by molar-refractivity contribution is 5.75. The van der Waals surface area contributed by atoms with Crippen LogP contribution in [0.15, 0.2) is 30.5 Å². The Morgan fingerprint density at radius 3 is 2.93 bits per heavy atom. The largest absolute Gasteiger partial charge is 0.454 e. The van der Waals surface area contributed by atoms with Crippen LogP contribution in [0.2, 0.25) is 0 Å². The quantitative estimate of drug-likeness (QED) is 0.705. The van der Waals surface area contributed by atoms with Gasteiger partial charge in [0.25, 0.3) is 0 Å². The van der Waals surface area contributed by atoms with Crippen LogP contribution in [0.5, 0.6) is 11.5 Å². The molecule has 29 heavy (non-hydrogen) atoms. The molecule has 4 atom stereocenters. The van der Waals surface area contributed by atoms with Gasteiger partial charge < -0.3 is 34.7 Å². The molecule has 0 bridgehead atoms. The van der Waals surface area contributed by atoms with Crippen molar-refractivity contribution in [2.24, 2.45) is 5.73 Å². The molecule has 1 aromatic carbocycles. The molecular formula is C19H20N4O6. The van der Waals surface area contributed by atoms with E-state index in [4.69, 9.17) is 29.4 Å². The standard InChI is InChI=1S/C19H20N4O6/c20-16(24)8-25-15-7-27-17-12(6-26-18(15)17)23-19-21-4-3-11(22-19)10-1-2-13-14(5-10)29-9-28-13/h1-5,12,15,17-18H,6-9H2,(H2,20,24)(H,21,22,23). The molecule has 152 valence electrons. The monoisotopic (exact) mass is 400 g/mol. The van der Waals surface area contributed by atoms with E-state index >= 15 is 0 Å². The van der Waals surface area contributed by atoms with Crippen molar-refractivity contribution in [3.05, 3.63) is 30.5 Å². The number of nitrogens with one attached hydrogen (secondary N) is 1. The van der Waals surface area contributed by atoms with E-state index in [1.54, 1.807) is 6.20 Å². The van der Waals surface area contributed by atoms with Crippen LogP contribution in [0.1, 0.15) is 0 Å². The van der Waals surface area contributed by atoms with Gasteiger partial charge in [-0.25, -0.2) is 9.97 Å². The van der Waals surface area contributed by atoms with E-state index in [0.717, 1.165) is 17.0 Å². The zero-order valence-electron chi connectivity index (χ0n) is 15.4. The zero-order chi connectivity index (χ0) is 19.8. The van der Waals surface area contributed by atoms with Gasteiger partial charge in [0, 0.05) is 11.8 Å². The highest BCUT2D eigenvalue weighted by Crippen LogP contribution is 2.35. The molecule has 4 unspecified atom stereocenters. The third-order valence-electron chi connectivity index (χ3n) is 5.09. The normalized spacial score (nSPS) is 27.0. The minimum absolute atomic E-state index is 0.130. The number of anilines is 1. The van der Waals surface area contributed by atoms with Gasteiger partial charge in [0.05, 0.1) is 24.9 Å². The summed E-state index contributed by atoms with van der Waals surface area (Å²) in [5, 5.41) is 3.28. The zero-order valence-corrected chi connectivity index (χ0v) is 15.4. The van der Waals surface area contributed by atoms with Crippen molar-refractivity contribution in [2.75, 3.05) is 31.9 Å². The first kappa shape index (κ1) is 18.1. The lowest BCUT2D eigenvalue weighted by atomic mass is 10.1. The fourth-order valence-corrected chi connectivity index (χ4v) is 3.73. The molecule has 2 fully saturated rings. The van der Waals surface area contributed by atoms with Crippen molar-refractivity contribution in [3.8, 4) is 22.8 Å². The molecule has 10 heteroatoms. The van der Waals surface area contributed by atoms with Crippen LogP contribution in [-0.2, 0) is 19.0 Å². The number of ether oxygens (including phenoxy) is 5. The van der Waals surface area contributed by atoms with Crippen LogP contribution in [0.25, 0.3) is 11.3 Å². The summed E-state index contributed by atoms with van der Waals surface area (Å²) in [5.74, 6) is 1.38. The SMILES string of the molecule is NC(=O)COC1COC2C(Nc3nccc(-c4ccc5c(c4)OCO5)n3)COC12. The smallest absolute Gasteiger partial charge is 0.243 e. The molecule has 2 aromatic rings. The lowest BCUT2D eigenvalue weighted by Gasteiger charge is -2.18. The van der Waals surface area contributed by atoms with E-state index in [-0.39, 0.29) is 37.8 Å². The maximum absolute atomic E-state index is 10.9. The number of aromatic nitrogens is 2. The lowest BCUT2D eigenvalue weighted by molar-refractivity contribution is -0.126. The number of carbonyl (C=O) groups is 1. The molecule has 3 aliphatic heterocycles. The maximum atomic E-state index is 10.9. The Labute approximate surface area is 166 Å². The number of hydrogen-bond donors (Lipinski definition) is 2. The molecular weight excluding hydrogens is 380 g/mol. The van der Waals surface area contributed by atoms with E-state index in [1.807, 2.05) is 24.3 Å². The Morgan fingerprint density at radius 2 is 2.03 bits per heavy atom. The van der Waals surface area contributed by atoms with E-state index in [0.29, 0.717) is 24.9 Å². The highest BCUT2D eigenvalue weighted by atomic mass is 16.7. The molecule has 4 heterocycles. The topological polar surface area (TPSA) is 127 Å². The molecule has 0 saturated carbocycles. The number of amides is 1. The van der Waals surface area contributed by atoms with E-state index in [9.17, 15) is 4.79 Å². The Hall–Kier alpha value is -2.95. The Bertz CT molecular complexity index is 925. The van der Waals surface area contributed by atoms with Crippen molar-refractivity contribution >= 4 is 11.9 Å². The lowest BCUT2D eigenvalue weighted by Crippen LogP contribution is -2.37. The van der Waals surface area contributed by atoms with Crippen molar-refractivity contribution in [1.29, 1.82) is 0 Å². The van der Waals surface area contributed by atoms with Crippen molar-refractivity contribution < 1.29 is 28.5 Å². The molecule has 10 nitrogen and oxygen atoms in total. The van der Waals surface area contributed by atoms with Crippen molar-refractivity contribution in [1.82, 2.24) is 9.97 Å². The van der Waals surface area contributed by atoms with Gasteiger partial charge in [0.2, 0.25) is 18.6 Å². The Morgan fingerprint density at radius 1 is 1.17 bits per heavy atom. The summed E-state index contributed by atoms with van der Waals surface area (Å²) in [4.78, 5) is 19.9. The number of primary amides is 1. The number of hydrogen-bond acceptors (Lipinski definition) is 9. The molecule has 0 radical (unpaired) electrons. The molecule has 2 saturated heterocycles.